The van der Waals surface area contributed by atoms with Crippen LogP contribution in [0.5, 0.6) is 0 Å². The molecule has 4 heterocycles. The lowest BCUT2D eigenvalue weighted by molar-refractivity contribution is -0.115. The van der Waals surface area contributed by atoms with Crippen LogP contribution in [0.4, 0.5) is 10.7 Å². The molecule has 26 heavy (non-hydrogen) atoms. The number of morpholine rings is 1. The van der Waals surface area contributed by atoms with E-state index in [1.807, 2.05) is 0 Å². The second kappa shape index (κ2) is 7.38. The molecule has 3 fully saturated rings. The molecule has 0 unspecified atom stereocenters. The molecule has 0 radical (unpaired) electrons. The van der Waals surface area contributed by atoms with E-state index in [0.717, 1.165) is 52.2 Å². The zero-order valence-electron chi connectivity index (χ0n) is 14.5. The maximum atomic E-state index is 11.6. The van der Waals surface area contributed by atoms with Crippen LogP contribution < -0.4 is 15.5 Å². The van der Waals surface area contributed by atoms with Gasteiger partial charge < -0.3 is 15.0 Å². The van der Waals surface area contributed by atoms with Crippen molar-refractivity contribution < 1.29 is 14.3 Å². The molecule has 1 aromatic heterocycles. The fourth-order valence-corrected chi connectivity index (χ4v) is 3.60. The molecular formula is C17H22N6O3. The van der Waals surface area contributed by atoms with Crippen molar-refractivity contribution >= 4 is 24.0 Å². The van der Waals surface area contributed by atoms with Crippen LogP contribution in [0.25, 0.3) is 6.08 Å². The first-order valence-electron chi connectivity index (χ1n) is 8.93. The average molecular weight is 358 g/mol. The monoisotopic (exact) mass is 358 g/mol. The molecule has 9 heteroatoms. The quantitative estimate of drug-likeness (QED) is 0.578. The van der Waals surface area contributed by atoms with Crippen molar-refractivity contribution in [2.75, 3.05) is 44.3 Å². The Balaban J connectivity index is 1.40. The third-order valence-electron chi connectivity index (χ3n) is 4.99. The Hall–Kier alpha value is -2.52. The van der Waals surface area contributed by atoms with Crippen LogP contribution in [-0.2, 0) is 9.53 Å². The first-order chi connectivity index (χ1) is 12.7. The summed E-state index contributed by atoms with van der Waals surface area (Å²) in [4.78, 5) is 36.4. The molecule has 3 aliphatic heterocycles. The number of amides is 3. The predicted molar refractivity (Wildman–Crippen MR) is 94.3 cm³/mol. The van der Waals surface area contributed by atoms with Gasteiger partial charge in [-0.2, -0.15) is 0 Å². The van der Waals surface area contributed by atoms with Gasteiger partial charge >= 0.3 is 6.03 Å². The molecule has 0 aliphatic carbocycles. The van der Waals surface area contributed by atoms with Crippen LogP contribution in [0.1, 0.15) is 18.5 Å². The molecule has 3 amide bonds. The number of imide groups is 1. The van der Waals surface area contributed by atoms with Gasteiger partial charge in [-0.1, -0.05) is 0 Å². The fraction of sp³-hybridized carbons (Fsp3) is 0.529. The Morgan fingerprint density at radius 3 is 2.58 bits per heavy atom. The number of hydrogen-bond acceptors (Lipinski definition) is 7. The van der Waals surface area contributed by atoms with Crippen molar-refractivity contribution in [3.8, 4) is 0 Å². The zero-order valence-corrected chi connectivity index (χ0v) is 14.5. The summed E-state index contributed by atoms with van der Waals surface area (Å²) in [5.74, 6) is 0.214. The fourth-order valence-electron chi connectivity index (χ4n) is 3.60. The number of nitrogens with zero attached hydrogens (tertiary/aromatic N) is 4. The molecule has 1 aromatic rings. The summed E-state index contributed by atoms with van der Waals surface area (Å²) in [6.45, 7) is 5.48. The van der Waals surface area contributed by atoms with E-state index in [9.17, 15) is 9.59 Å². The Morgan fingerprint density at radius 2 is 1.88 bits per heavy atom. The van der Waals surface area contributed by atoms with Crippen molar-refractivity contribution in [1.29, 1.82) is 0 Å². The van der Waals surface area contributed by atoms with Gasteiger partial charge in [-0.05, 0) is 25.0 Å². The molecular weight excluding hydrogens is 336 g/mol. The molecule has 0 atom stereocenters. The normalized spacial score (nSPS) is 24.0. The largest absolute Gasteiger partial charge is 0.379 e. The highest BCUT2D eigenvalue weighted by Crippen LogP contribution is 2.21. The molecule has 0 bridgehead atoms. The Morgan fingerprint density at radius 1 is 1.12 bits per heavy atom. The SMILES string of the molecule is O=C1NC(=O)/C(=C\c2ccnc(N3CCC(N4CCOCC4)CC3)n2)N1. The molecule has 138 valence electrons. The third kappa shape index (κ3) is 3.68. The maximum absolute atomic E-state index is 11.6. The highest BCUT2D eigenvalue weighted by molar-refractivity contribution is 6.13. The summed E-state index contributed by atoms with van der Waals surface area (Å²) in [5, 5.41) is 4.64. The third-order valence-corrected chi connectivity index (χ3v) is 4.99. The van der Waals surface area contributed by atoms with Gasteiger partial charge in [0.1, 0.15) is 5.70 Å². The average Bonchev–Trinajstić information content (AvgIpc) is 3.00. The van der Waals surface area contributed by atoms with Gasteiger partial charge in [-0.25, -0.2) is 14.8 Å². The highest BCUT2D eigenvalue weighted by atomic mass is 16.5. The maximum Gasteiger partial charge on any atom is 0.326 e. The first-order valence-corrected chi connectivity index (χ1v) is 8.93. The molecule has 3 saturated heterocycles. The van der Waals surface area contributed by atoms with Crippen molar-refractivity contribution in [2.45, 2.75) is 18.9 Å². The summed E-state index contributed by atoms with van der Waals surface area (Å²) in [5.41, 5.74) is 0.795. The van der Waals surface area contributed by atoms with E-state index >= 15 is 0 Å². The second-order valence-electron chi connectivity index (χ2n) is 6.61. The summed E-state index contributed by atoms with van der Waals surface area (Å²) in [6.07, 6.45) is 5.39. The number of piperidine rings is 1. The van der Waals surface area contributed by atoms with Gasteiger partial charge in [-0.3, -0.25) is 15.0 Å². The number of aromatic nitrogens is 2. The minimum absolute atomic E-state index is 0.200. The van der Waals surface area contributed by atoms with E-state index < -0.39 is 11.9 Å². The molecule has 4 rings (SSSR count). The molecule has 2 N–H and O–H groups in total. The van der Waals surface area contributed by atoms with Gasteiger partial charge in [0.2, 0.25) is 5.95 Å². The Bertz CT molecular complexity index is 723. The van der Waals surface area contributed by atoms with Gasteiger partial charge in [-0.15, -0.1) is 0 Å². The number of carbonyl (C=O) groups excluding carboxylic acids is 2. The van der Waals surface area contributed by atoms with Crippen molar-refractivity contribution in [2.24, 2.45) is 0 Å². The number of urea groups is 1. The minimum atomic E-state index is -0.513. The lowest BCUT2D eigenvalue weighted by atomic mass is 10.0. The van der Waals surface area contributed by atoms with Crippen molar-refractivity contribution in [3.63, 3.8) is 0 Å². The van der Waals surface area contributed by atoms with Crippen molar-refractivity contribution in [1.82, 2.24) is 25.5 Å². The minimum Gasteiger partial charge on any atom is -0.379 e. The Labute approximate surface area is 151 Å². The molecule has 0 spiro atoms. The summed E-state index contributed by atoms with van der Waals surface area (Å²) in [6, 6.07) is 1.80. The lowest BCUT2D eigenvalue weighted by Gasteiger charge is -2.40. The summed E-state index contributed by atoms with van der Waals surface area (Å²) in [7, 11) is 0. The van der Waals surface area contributed by atoms with Gasteiger partial charge in [0.05, 0.1) is 18.9 Å². The van der Waals surface area contributed by atoms with E-state index in [-0.39, 0.29) is 5.70 Å². The molecule has 0 aromatic carbocycles. The van der Waals surface area contributed by atoms with Crippen LogP contribution in [-0.4, -0.2) is 72.2 Å². The number of hydrogen-bond donors (Lipinski definition) is 2. The Kier molecular flexibility index (Phi) is 4.81. The predicted octanol–water partition coefficient (Wildman–Crippen LogP) is -0.0421. The van der Waals surface area contributed by atoms with Gasteiger partial charge in [0, 0.05) is 38.4 Å². The second-order valence-corrected chi connectivity index (χ2v) is 6.61. The smallest absolute Gasteiger partial charge is 0.326 e. The van der Waals surface area contributed by atoms with Crippen LogP contribution in [0.15, 0.2) is 18.0 Å². The molecule has 9 nitrogen and oxygen atoms in total. The van der Waals surface area contributed by atoms with Crippen LogP contribution in [0.2, 0.25) is 0 Å². The lowest BCUT2D eigenvalue weighted by Crippen LogP contribution is -2.49. The number of ether oxygens (including phenoxy) is 1. The topological polar surface area (TPSA) is 99.7 Å². The van der Waals surface area contributed by atoms with Crippen LogP contribution in [0.3, 0.4) is 0 Å². The summed E-state index contributed by atoms with van der Waals surface area (Å²) >= 11 is 0. The van der Waals surface area contributed by atoms with Gasteiger partial charge in [0.25, 0.3) is 5.91 Å². The molecule has 0 saturated carbocycles. The van der Waals surface area contributed by atoms with Crippen molar-refractivity contribution in [3.05, 3.63) is 23.7 Å². The number of nitrogens with one attached hydrogen (secondary N) is 2. The van der Waals surface area contributed by atoms with Crippen LogP contribution >= 0.6 is 0 Å². The number of carbonyl (C=O) groups is 2. The highest BCUT2D eigenvalue weighted by Gasteiger charge is 2.27. The first kappa shape index (κ1) is 16.9. The standard InChI is InChI=1S/C17H22N6O3/c24-15-14(20-17(25)21-15)11-12-1-4-18-16(19-12)23-5-2-13(3-6-23)22-7-9-26-10-8-22/h1,4,11,13H,2-3,5-10H2,(H2,20,21,24,25)/b14-11+. The van der Waals surface area contributed by atoms with Gasteiger partial charge in [0.15, 0.2) is 0 Å². The number of rotatable bonds is 3. The number of anilines is 1. The van der Waals surface area contributed by atoms with E-state index in [1.54, 1.807) is 18.3 Å². The van der Waals surface area contributed by atoms with E-state index in [4.69, 9.17) is 4.74 Å². The molecule has 3 aliphatic rings. The van der Waals surface area contributed by atoms with E-state index in [2.05, 4.69) is 30.4 Å². The summed E-state index contributed by atoms with van der Waals surface area (Å²) < 4.78 is 5.43. The zero-order chi connectivity index (χ0) is 17.9. The van der Waals surface area contributed by atoms with E-state index in [0.29, 0.717) is 17.7 Å². The van der Waals surface area contributed by atoms with E-state index in [1.165, 1.54) is 0 Å². The van der Waals surface area contributed by atoms with Crippen LogP contribution in [0, 0.1) is 0 Å².